The standard InChI is InChI=1S/C7H10N2O3/c1-2-5(8)9-6(10)3-4-7(11)12/h3-4H,2H2,1H3,(H,11,12)(H2,8,9,10). The van der Waals surface area contributed by atoms with E-state index in [1.165, 1.54) is 0 Å². The Morgan fingerprint density at radius 2 is 2.08 bits per heavy atom. The molecule has 0 saturated carbocycles. The second kappa shape index (κ2) is 5.06. The minimum atomic E-state index is -1.19. The van der Waals surface area contributed by atoms with Gasteiger partial charge in [0.15, 0.2) is 0 Å². The molecule has 0 unspecified atom stereocenters. The SMILES string of the molecule is CCC(=N)NC(=O)C=CC(=O)O. The maximum Gasteiger partial charge on any atom is 0.328 e. The Morgan fingerprint density at radius 1 is 1.50 bits per heavy atom. The first-order chi connectivity index (χ1) is 5.56. The molecular weight excluding hydrogens is 160 g/mol. The van der Waals surface area contributed by atoms with Crippen molar-refractivity contribution in [2.45, 2.75) is 13.3 Å². The molecule has 0 saturated heterocycles. The number of hydrogen-bond donors (Lipinski definition) is 3. The first kappa shape index (κ1) is 10.3. The molecule has 1 amide bonds. The molecule has 0 spiro atoms. The molecule has 0 bridgehead atoms. The zero-order chi connectivity index (χ0) is 9.56. The maximum atomic E-state index is 10.7. The molecule has 66 valence electrons. The van der Waals surface area contributed by atoms with Crippen LogP contribution in [0.4, 0.5) is 0 Å². The van der Waals surface area contributed by atoms with E-state index >= 15 is 0 Å². The van der Waals surface area contributed by atoms with Gasteiger partial charge in [-0.3, -0.25) is 10.2 Å². The quantitative estimate of drug-likeness (QED) is 0.319. The Labute approximate surface area is 69.6 Å². The second-order valence-corrected chi connectivity index (χ2v) is 1.99. The highest BCUT2D eigenvalue weighted by Gasteiger charge is 1.98. The van der Waals surface area contributed by atoms with Gasteiger partial charge >= 0.3 is 5.97 Å². The molecule has 0 aliphatic rings. The third-order valence-electron chi connectivity index (χ3n) is 1.00. The van der Waals surface area contributed by atoms with Crippen molar-refractivity contribution in [1.82, 2.24) is 5.32 Å². The highest BCUT2D eigenvalue weighted by atomic mass is 16.4. The van der Waals surface area contributed by atoms with Crippen molar-refractivity contribution in [2.24, 2.45) is 0 Å². The number of rotatable bonds is 3. The summed E-state index contributed by atoms with van der Waals surface area (Å²) in [5, 5.41) is 17.4. The van der Waals surface area contributed by atoms with Gasteiger partial charge in [-0.1, -0.05) is 6.92 Å². The van der Waals surface area contributed by atoms with E-state index in [1.807, 2.05) is 0 Å². The van der Waals surface area contributed by atoms with E-state index in [2.05, 4.69) is 5.32 Å². The van der Waals surface area contributed by atoms with E-state index in [9.17, 15) is 9.59 Å². The van der Waals surface area contributed by atoms with Gasteiger partial charge in [0.2, 0.25) is 5.91 Å². The van der Waals surface area contributed by atoms with Gasteiger partial charge < -0.3 is 10.4 Å². The molecule has 0 rings (SSSR count). The van der Waals surface area contributed by atoms with Gasteiger partial charge in [0, 0.05) is 18.6 Å². The fraction of sp³-hybridized carbons (Fsp3) is 0.286. The first-order valence-electron chi connectivity index (χ1n) is 3.35. The van der Waals surface area contributed by atoms with Crippen LogP contribution in [0.1, 0.15) is 13.3 Å². The molecule has 5 heteroatoms. The zero-order valence-corrected chi connectivity index (χ0v) is 6.63. The number of carboxylic acid groups (broad SMARTS) is 1. The van der Waals surface area contributed by atoms with Gasteiger partial charge in [-0.15, -0.1) is 0 Å². The summed E-state index contributed by atoms with van der Waals surface area (Å²) in [5.74, 6) is -1.72. The summed E-state index contributed by atoms with van der Waals surface area (Å²) in [7, 11) is 0. The minimum Gasteiger partial charge on any atom is -0.478 e. The molecule has 0 aromatic heterocycles. The monoisotopic (exact) mass is 170 g/mol. The van der Waals surface area contributed by atoms with Crippen LogP contribution in [0, 0.1) is 5.41 Å². The van der Waals surface area contributed by atoms with E-state index in [-0.39, 0.29) is 5.84 Å². The van der Waals surface area contributed by atoms with Gasteiger partial charge in [-0.05, 0) is 0 Å². The topological polar surface area (TPSA) is 90.3 Å². The summed E-state index contributed by atoms with van der Waals surface area (Å²) in [6.07, 6.45) is 2.00. The van der Waals surface area contributed by atoms with Gasteiger partial charge in [0.05, 0.1) is 5.84 Å². The van der Waals surface area contributed by atoms with Gasteiger partial charge in [0.25, 0.3) is 0 Å². The lowest BCUT2D eigenvalue weighted by molar-refractivity contribution is -0.131. The van der Waals surface area contributed by atoms with Crippen molar-refractivity contribution in [3.05, 3.63) is 12.2 Å². The lowest BCUT2D eigenvalue weighted by Crippen LogP contribution is -2.27. The first-order valence-corrected chi connectivity index (χ1v) is 3.35. The molecule has 0 aliphatic heterocycles. The Morgan fingerprint density at radius 3 is 2.50 bits per heavy atom. The number of carbonyl (C=O) groups excluding carboxylic acids is 1. The van der Waals surface area contributed by atoms with Crippen LogP contribution < -0.4 is 5.32 Å². The zero-order valence-electron chi connectivity index (χ0n) is 6.63. The lowest BCUT2D eigenvalue weighted by Gasteiger charge is -1.98. The largest absolute Gasteiger partial charge is 0.478 e. The number of carboxylic acids is 1. The van der Waals surface area contributed by atoms with Gasteiger partial charge in [-0.25, -0.2) is 4.79 Å². The van der Waals surface area contributed by atoms with Crippen LogP contribution in [0.3, 0.4) is 0 Å². The molecule has 0 aliphatic carbocycles. The average Bonchev–Trinajstić information content (AvgIpc) is 2.00. The number of hydrogen-bond acceptors (Lipinski definition) is 3. The van der Waals surface area contributed by atoms with Crippen molar-refractivity contribution in [3.63, 3.8) is 0 Å². The second-order valence-electron chi connectivity index (χ2n) is 1.99. The summed E-state index contributed by atoms with van der Waals surface area (Å²) in [6.45, 7) is 1.71. The van der Waals surface area contributed by atoms with E-state index in [4.69, 9.17) is 10.5 Å². The number of amidine groups is 1. The Hall–Kier alpha value is -1.65. The molecule has 3 N–H and O–H groups in total. The summed E-state index contributed by atoms with van der Waals surface area (Å²) < 4.78 is 0. The van der Waals surface area contributed by atoms with Crippen LogP contribution in [-0.4, -0.2) is 22.8 Å². The van der Waals surface area contributed by atoms with Crippen LogP contribution >= 0.6 is 0 Å². The van der Waals surface area contributed by atoms with E-state index in [0.29, 0.717) is 6.42 Å². The molecule has 12 heavy (non-hydrogen) atoms. The highest BCUT2D eigenvalue weighted by molar-refractivity contribution is 6.03. The lowest BCUT2D eigenvalue weighted by atomic mass is 10.4. The van der Waals surface area contributed by atoms with Crippen LogP contribution in [0.15, 0.2) is 12.2 Å². The molecular formula is C7H10N2O3. The van der Waals surface area contributed by atoms with Crippen molar-refractivity contribution in [1.29, 1.82) is 5.41 Å². The summed E-state index contributed by atoms with van der Waals surface area (Å²) >= 11 is 0. The van der Waals surface area contributed by atoms with E-state index in [1.54, 1.807) is 6.92 Å². The Bertz CT molecular complexity index is 233. The van der Waals surface area contributed by atoms with E-state index < -0.39 is 11.9 Å². The van der Waals surface area contributed by atoms with E-state index in [0.717, 1.165) is 12.2 Å². The molecule has 0 radical (unpaired) electrons. The average molecular weight is 170 g/mol. The van der Waals surface area contributed by atoms with Crippen molar-refractivity contribution < 1.29 is 14.7 Å². The Balaban J connectivity index is 3.90. The predicted molar refractivity (Wildman–Crippen MR) is 42.9 cm³/mol. The number of aliphatic carboxylic acids is 1. The van der Waals surface area contributed by atoms with Gasteiger partial charge in [0.1, 0.15) is 0 Å². The van der Waals surface area contributed by atoms with Crippen LogP contribution in [-0.2, 0) is 9.59 Å². The van der Waals surface area contributed by atoms with Crippen LogP contribution in [0.2, 0.25) is 0 Å². The molecule has 0 aromatic carbocycles. The summed E-state index contributed by atoms with van der Waals surface area (Å²) in [5.41, 5.74) is 0. The molecule has 0 atom stereocenters. The fourth-order valence-electron chi connectivity index (χ4n) is 0.426. The number of nitrogens with one attached hydrogen (secondary N) is 2. The van der Waals surface area contributed by atoms with Crippen molar-refractivity contribution in [2.75, 3.05) is 0 Å². The minimum absolute atomic E-state index is 0.0649. The molecule has 0 fully saturated rings. The normalized spacial score (nSPS) is 9.75. The third-order valence-corrected chi connectivity index (χ3v) is 1.00. The maximum absolute atomic E-state index is 10.7. The van der Waals surface area contributed by atoms with Crippen molar-refractivity contribution in [3.8, 4) is 0 Å². The smallest absolute Gasteiger partial charge is 0.328 e. The summed E-state index contributed by atoms with van der Waals surface area (Å²) in [4.78, 5) is 20.7. The fourth-order valence-corrected chi connectivity index (χ4v) is 0.426. The molecule has 0 heterocycles. The third kappa shape index (κ3) is 5.16. The number of amides is 1. The summed E-state index contributed by atoms with van der Waals surface area (Å²) in [6, 6.07) is 0. The highest BCUT2D eigenvalue weighted by Crippen LogP contribution is 1.78. The van der Waals surface area contributed by atoms with Crippen molar-refractivity contribution >= 4 is 17.7 Å². The van der Waals surface area contributed by atoms with Gasteiger partial charge in [-0.2, -0.15) is 0 Å². The van der Waals surface area contributed by atoms with Crippen LogP contribution in [0.5, 0.6) is 0 Å². The predicted octanol–water partition coefficient (Wildman–Crippen LogP) is 0.131. The van der Waals surface area contributed by atoms with Crippen LogP contribution in [0.25, 0.3) is 0 Å². The number of carbonyl (C=O) groups is 2. The molecule has 5 nitrogen and oxygen atoms in total. The molecule has 0 aromatic rings. The Kier molecular flexibility index (Phi) is 4.36.